The predicted molar refractivity (Wildman–Crippen MR) is 77.7 cm³/mol. The summed E-state index contributed by atoms with van der Waals surface area (Å²) < 4.78 is 7.00. The van der Waals surface area contributed by atoms with Crippen LogP contribution in [0.25, 0.3) is 16.6 Å². The normalized spacial score (nSPS) is 11.0. The summed E-state index contributed by atoms with van der Waals surface area (Å²) >= 11 is 6.08. The Kier molecular flexibility index (Phi) is 3.06. The second-order valence-electron chi connectivity index (χ2n) is 4.50. The lowest BCUT2D eigenvalue weighted by Gasteiger charge is -2.05. The number of methoxy groups -OCH3 is 1. The molecule has 102 valence electrons. The van der Waals surface area contributed by atoms with E-state index in [0.29, 0.717) is 10.7 Å². The number of halogens is 1. The van der Waals surface area contributed by atoms with Crippen molar-refractivity contribution in [2.75, 3.05) is 7.11 Å². The number of benzene rings is 1. The van der Waals surface area contributed by atoms with E-state index in [1.807, 2.05) is 42.8 Å². The molecular formula is C14H13ClN4O. The van der Waals surface area contributed by atoms with Gasteiger partial charge in [0.05, 0.1) is 24.2 Å². The topological polar surface area (TPSA) is 52.8 Å². The van der Waals surface area contributed by atoms with Gasteiger partial charge in [-0.15, -0.1) is 5.10 Å². The van der Waals surface area contributed by atoms with Crippen molar-refractivity contribution in [3.8, 4) is 11.4 Å². The average Bonchev–Trinajstić information content (AvgIpc) is 2.82. The Morgan fingerprint density at radius 1 is 1.10 bits per heavy atom. The first-order chi connectivity index (χ1) is 9.61. The van der Waals surface area contributed by atoms with Crippen molar-refractivity contribution in [2.45, 2.75) is 13.8 Å². The van der Waals surface area contributed by atoms with Crippen LogP contribution in [-0.2, 0) is 0 Å². The van der Waals surface area contributed by atoms with E-state index in [0.717, 1.165) is 28.2 Å². The molecule has 0 saturated heterocycles. The van der Waals surface area contributed by atoms with Gasteiger partial charge in [0, 0.05) is 5.39 Å². The van der Waals surface area contributed by atoms with Crippen LogP contribution in [-0.4, -0.2) is 27.1 Å². The van der Waals surface area contributed by atoms with Gasteiger partial charge < -0.3 is 4.74 Å². The fourth-order valence-electron chi connectivity index (χ4n) is 2.27. The first kappa shape index (κ1) is 12.9. The minimum absolute atomic E-state index is 0.320. The van der Waals surface area contributed by atoms with Gasteiger partial charge in [0.15, 0.2) is 5.15 Å². The first-order valence-corrected chi connectivity index (χ1v) is 6.52. The van der Waals surface area contributed by atoms with E-state index >= 15 is 0 Å². The largest absolute Gasteiger partial charge is 0.497 e. The Morgan fingerprint density at radius 2 is 1.80 bits per heavy atom. The summed E-state index contributed by atoms with van der Waals surface area (Å²) in [6, 6.07) is 7.68. The molecule has 0 aliphatic rings. The summed E-state index contributed by atoms with van der Waals surface area (Å²) in [7, 11) is 1.64. The van der Waals surface area contributed by atoms with E-state index in [4.69, 9.17) is 16.3 Å². The van der Waals surface area contributed by atoms with Gasteiger partial charge in [-0.2, -0.15) is 10.2 Å². The third kappa shape index (κ3) is 1.91. The van der Waals surface area contributed by atoms with Gasteiger partial charge in [0.25, 0.3) is 0 Å². The van der Waals surface area contributed by atoms with Crippen molar-refractivity contribution in [3.63, 3.8) is 0 Å². The molecule has 0 spiro atoms. The van der Waals surface area contributed by atoms with Gasteiger partial charge >= 0.3 is 0 Å². The maximum atomic E-state index is 6.08. The van der Waals surface area contributed by atoms with E-state index in [-0.39, 0.29) is 0 Å². The molecule has 3 rings (SSSR count). The monoisotopic (exact) mass is 288 g/mol. The number of hydrogen-bond donors (Lipinski definition) is 0. The van der Waals surface area contributed by atoms with E-state index < -0.39 is 0 Å². The average molecular weight is 289 g/mol. The highest BCUT2D eigenvalue weighted by atomic mass is 35.5. The Labute approximate surface area is 121 Å². The minimum Gasteiger partial charge on any atom is -0.497 e. The summed E-state index contributed by atoms with van der Waals surface area (Å²) in [6.45, 7) is 3.89. The van der Waals surface area contributed by atoms with Crippen molar-refractivity contribution < 1.29 is 4.74 Å². The van der Waals surface area contributed by atoms with Gasteiger partial charge in [-0.05, 0) is 38.1 Å². The maximum Gasteiger partial charge on any atom is 0.179 e. The molecule has 6 heteroatoms. The van der Waals surface area contributed by atoms with Crippen molar-refractivity contribution in [3.05, 3.63) is 40.8 Å². The molecule has 0 aliphatic carbocycles. The number of hydrogen-bond acceptors (Lipinski definition) is 4. The van der Waals surface area contributed by atoms with Crippen LogP contribution in [0.3, 0.4) is 0 Å². The Bertz CT molecular complexity index is 780. The van der Waals surface area contributed by atoms with Crippen LogP contribution in [0.15, 0.2) is 24.3 Å². The van der Waals surface area contributed by atoms with E-state index in [1.54, 1.807) is 7.11 Å². The van der Waals surface area contributed by atoms with Crippen LogP contribution in [0.5, 0.6) is 5.75 Å². The van der Waals surface area contributed by atoms with E-state index in [1.165, 1.54) is 0 Å². The van der Waals surface area contributed by atoms with Crippen LogP contribution < -0.4 is 4.74 Å². The molecule has 0 unspecified atom stereocenters. The summed E-state index contributed by atoms with van der Waals surface area (Å²) in [6.07, 6.45) is 0. The zero-order chi connectivity index (χ0) is 14.3. The number of rotatable bonds is 2. The maximum absolute atomic E-state index is 6.08. The van der Waals surface area contributed by atoms with Crippen LogP contribution in [0.1, 0.15) is 11.4 Å². The number of ether oxygens (including phenoxy) is 1. The highest BCUT2D eigenvalue weighted by molar-refractivity contribution is 6.33. The SMILES string of the molecule is COc1ccc(-n2nc3c(Cl)nnc(C)c3c2C)cc1. The summed E-state index contributed by atoms with van der Waals surface area (Å²) in [5.74, 6) is 0.806. The molecular weight excluding hydrogens is 276 g/mol. The smallest absolute Gasteiger partial charge is 0.179 e. The molecule has 0 atom stereocenters. The lowest BCUT2D eigenvalue weighted by atomic mass is 10.2. The molecule has 0 amide bonds. The number of aryl methyl sites for hydroxylation is 2. The van der Waals surface area contributed by atoms with Crippen molar-refractivity contribution in [1.29, 1.82) is 0 Å². The van der Waals surface area contributed by atoms with Crippen molar-refractivity contribution >= 4 is 22.5 Å². The molecule has 20 heavy (non-hydrogen) atoms. The summed E-state index contributed by atoms with van der Waals surface area (Å²) in [4.78, 5) is 0. The van der Waals surface area contributed by atoms with E-state index in [2.05, 4.69) is 15.3 Å². The fraction of sp³-hybridized carbons (Fsp3) is 0.214. The Morgan fingerprint density at radius 3 is 2.40 bits per heavy atom. The Balaban J connectivity index is 2.23. The van der Waals surface area contributed by atoms with Gasteiger partial charge in [0.1, 0.15) is 11.3 Å². The zero-order valence-corrected chi connectivity index (χ0v) is 12.1. The number of fused-ring (bicyclic) bond motifs is 1. The molecule has 2 aromatic heterocycles. The van der Waals surface area contributed by atoms with Gasteiger partial charge in [0.2, 0.25) is 0 Å². The second kappa shape index (κ2) is 4.76. The number of nitrogens with zero attached hydrogens (tertiary/aromatic N) is 4. The molecule has 5 nitrogen and oxygen atoms in total. The third-order valence-electron chi connectivity index (χ3n) is 3.28. The predicted octanol–water partition coefficient (Wildman–Crippen LogP) is 3.09. The quantitative estimate of drug-likeness (QED) is 0.727. The van der Waals surface area contributed by atoms with Crippen molar-refractivity contribution in [2.24, 2.45) is 0 Å². The van der Waals surface area contributed by atoms with Gasteiger partial charge in [-0.3, -0.25) is 0 Å². The number of aromatic nitrogens is 4. The van der Waals surface area contributed by atoms with Crippen molar-refractivity contribution in [1.82, 2.24) is 20.0 Å². The molecule has 3 aromatic rings. The summed E-state index contributed by atoms with van der Waals surface area (Å²) in [5.41, 5.74) is 3.42. The Hall–Kier alpha value is -2.14. The highest BCUT2D eigenvalue weighted by Crippen LogP contribution is 2.27. The van der Waals surface area contributed by atoms with Gasteiger partial charge in [-0.25, -0.2) is 4.68 Å². The summed E-state index contributed by atoms with van der Waals surface area (Å²) in [5, 5.41) is 13.8. The molecule has 0 fully saturated rings. The highest BCUT2D eigenvalue weighted by Gasteiger charge is 2.15. The first-order valence-electron chi connectivity index (χ1n) is 6.14. The lowest BCUT2D eigenvalue weighted by molar-refractivity contribution is 0.414. The molecule has 0 saturated carbocycles. The van der Waals surface area contributed by atoms with Crippen LogP contribution in [0, 0.1) is 13.8 Å². The zero-order valence-electron chi connectivity index (χ0n) is 11.4. The minimum atomic E-state index is 0.320. The fourth-order valence-corrected chi connectivity index (χ4v) is 2.44. The van der Waals surface area contributed by atoms with E-state index in [9.17, 15) is 0 Å². The second-order valence-corrected chi connectivity index (χ2v) is 4.85. The van der Waals surface area contributed by atoms with Crippen LogP contribution in [0.4, 0.5) is 0 Å². The molecule has 0 aliphatic heterocycles. The van der Waals surface area contributed by atoms with Crippen LogP contribution >= 0.6 is 11.6 Å². The molecule has 0 bridgehead atoms. The molecule has 0 N–H and O–H groups in total. The van der Waals surface area contributed by atoms with Crippen LogP contribution in [0.2, 0.25) is 5.15 Å². The van der Waals surface area contributed by atoms with Gasteiger partial charge in [-0.1, -0.05) is 11.6 Å². The molecule has 1 aromatic carbocycles. The molecule has 0 radical (unpaired) electrons. The molecule has 2 heterocycles. The lowest BCUT2D eigenvalue weighted by Crippen LogP contribution is -1.98. The standard InChI is InChI=1S/C14H13ClN4O/c1-8-12-9(2)19(18-13(12)14(15)17-16-8)10-4-6-11(20-3)7-5-10/h4-7H,1-3H3. The third-order valence-corrected chi connectivity index (χ3v) is 3.53.